The molecule has 0 saturated carbocycles. The average molecular weight is 461 g/mol. The van der Waals surface area contributed by atoms with Crippen molar-refractivity contribution in [3.63, 3.8) is 0 Å². The minimum absolute atomic E-state index is 0.115. The van der Waals surface area contributed by atoms with Crippen LogP contribution in [0.1, 0.15) is 28.4 Å². The third kappa shape index (κ3) is 5.94. The zero-order valence-electron chi connectivity index (χ0n) is 18.5. The predicted octanol–water partition coefficient (Wildman–Crippen LogP) is 2.94. The molecule has 3 rings (SSSR count). The molecule has 0 aliphatic heterocycles. The summed E-state index contributed by atoms with van der Waals surface area (Å²) < 4.78 is 13.5. The molecule has 34 heavy (non-hydrogen) atoms. The number of hydrogen-bond acceptors (Lipinski definition) is 6. The van der Waals surface area contributed by atoms with E-state index in [2.05, 4.69) is 21.7 Å². The summed E-state index contributed by atoms with van der Waals surface area (Å²) >= 11 is 0. The predicted molar refractivity (Wildman–Crippen MR) is 126 cm³/mol. The first kappa shape index (κ1) is 24.4. The van der Waals surface area contributed by atoms with Crippen molar-refractivity contribution >= 4 is 17.7 Å². The first-order valence-corrected chi connectivity index (χ1v) is 10.6. The molecule has 0 aliphatic carbocycles. The van der Waals surface area contributed by atoms with Crippen LogP contribution in [0.2, 0.25) is 0 Å². The lowest BCUT2D eigenvalue weighted by molar-refractivity contribution is -0.139. The van der Waals surface area contributed by atoms with Crippen molar-refractivity contribution in [1.82, 2.24) is 10.3 Å². The quantitative estimate of drug-likeness (QED) is 0.384. The molecule has 8 nitrogen and oxygen atoms in total. The van der Waals surface area contributed by atoms with Gasteiger partial charge in [-0.1, -0.05) is 30.3 Å². The number of carbonyl (C=O) groups is 2. The van der Waals surface area contributed by atoms with E-state index in [1.54, 1.807) is 42.5 Å². The maximum atomic E-state index is 13.5. The number of rotatable bonds is 9. The first-order valence-electron chi connectivity index (χ1n) is 10.6. The van der Waals surface area contributed by atoms with E-state index < -0.39 is 24.0 Å². The number of aliphatic carboxylic acids is 1. The number of carboxylic acids is 1. The van der Waals surface area contributed by atoms with E-state index in [1.165, 1.54) is 25.1 Å². The molecule has 0 bridgehead atoms. The Morgan fingerprint density at radius 3 is 2.62 bits per heavy atom. The summed E-state index contributed by atoms with van der Waals surface area (Å²) in [6.07, 6.45) is 0.455. The molecule has 2 aromatic carbocycles. The van der Waals surface area contributed by atoms with Crippen LogP contribution in [0, 0.1) is 17.1 Å². The monoisotopic (exact) mass is 461 g/mol. The number of carbonyl (C=O) groups excluding carboxylic acids is 1. The van der Waals surface area contributed by atoms with Gasteiger partial charge in [-0.05, 0) is 49.2 Å². The molecule has 1 amide bonds. The summed E-state index contributed by atoms with van der Waals surface area (Å²) in [5.41, 5.74) is 8.04. The highest BCUT2D eigenvalue weighted by Crippen LogP contribution is 2.25. The molecule has 1 aromatic heterocycles. The Balaban J connectivity index is 1.93. The Kier molecular flexibility index (Phi) is 7.90. The molecule has 0 aliphatic rings. The van der Waals surface area contributed by atoms with Gasteiger partial charge in [0.1, 0.15) is 17.7 Å². The Hall–Kier alpha value is -4.29. The average Bonchev–Trinajstić information content (AvgIpc) is 2.82. The highest BCUT2D eigenvalue weighted by atomic mass is 19.1. The first-order chi connectivity index (χ1) is 16.3. The summed E-state index contributed by atoms with van der Waals surface area (Å²) in [6.45, 7) is 1.81. The van der Waals surface area contributed by atoms with Crippen LogP contribution in [-0.2, 0) is 11.2 Å². The fraction of sp³-hybridized carbons (Fsp3) is 0.200. The molecule has 3 aromatic rings. The number of nitrogens with zero attached hydrogens (tertiary/aromatic N) is 2. The van der Waals surface area contributed by atoms with E-state index in [0.29, 0.717) is 29.8 Å². The van der Waals surface area contributed by atoms with E-state index >= 15 is 0 Å². The summed E-state index contributed by atoms with van der Waals surface area (Å²) in [4.78, 5) is 28.9. The lowest BCUT2D eigenvalue weighted by atomic mass is 10.0. The van der Waals surface area contributed by atoms with E-state index in [9.17, 15) is 24.3 Å². The van der Waals surface area contributed by atoms with Gasteiger partial charge >= 0.3 is 5.97 Å². The number of aromatic nitrogens is 1. The summed E-state index contributed by atoms with van der Waals surface area (Å²) in [5.74, 6) is -2.06. The van der Waals surface area contributed by atoms with E-state index in [0.717, 1.165) is 5.56 Å². The highest BCUT2D eigenvalue weighted by Gasteiger charge is 2.26. The molecule has 5 N–H and O–H groups in total. The lowest BCUT2D eigenvalue weighted by Gasteiger charge is -2.19. The molecule has 2 atom stereocenters. The number of nitriles is 1. The van der Waals surface area contributed by atoms with Gasteiger partial charge in [-0.3, -0.25) is 4.79 Å². The summed E-state index contributed by atoms with van der Waals surface area (Å²) in [5, 5.41) is 24.3. The molecule has 174 valence electrons. The van der Waals surface area contributed by atoms with Crippen LogP contribution < -0.4 is 16.4 Å². The van der Waals surface area contributed by atoms with Crippen LogP contribution in [0.25, 0.3) is 11.3 Å². The maximum absolute atomic E-state index is 13.5. The fourth-order valence-corrected chi connectivity index (χ4v) is 3.39. The third-order valence-corrected chi connectivity index (χ3v) is 5.14. The highest BCUT2D eigenvalue weighted by molar-refractivity contribution is 6.01. The zero-order valence-corrected chi connectivity index (χ0v) is 18.5. The van der Waals surface area contributed by atoms with Crippen LogP contribution in [0.15, 0.2) is 60.7 Å². The minimum Gasteiger partial charge on any atom is -0.480 e. The number of hydrogen-bond donors (Lipinski definition) is 4. The second-order valence-electron chi connectivity index (χ2n) is 7.71. The fourth-order valence-electron chi connectivity index (χ4n) is 3.39. The summed E-state index contributed by atoms with van der Waals surface area (Å²) in [7, 11) is 0. The number of nitrogens with one attached hydrogen (secondary N) is 2. The number of anilines is 1. The lowest BCUT2D eigenvalue weighted by Crippen LogP contribution is -2.51. The maximum Gasteiger partial charge on any atom is 0.327 e. The van der Waals surface area contributed by atoms with Crippen molar-refractivity contribution in [2.24, 2.45) is 5.73 Å². The molecule has 1 unspecified atom stereocenters. The molecule has 1 heterocycles. The van der Waals surface area contributed by atoms with Gasteiger partial charge in [-0.15, -0.1) is 0 Å². The molecule has 0 saturated heterocycles. The normalized spacial score (nSPS) is 12.3. The number of halogens is 1. The van der Waals surface area contributed by atoms with Crippen molar-refractivity contribution in [1.29, 1.82) is 5.26 Å². The molecule has 0 fully saturated rings. The Morgan fingerprint density at radius 1 is 1.18 bits per heavy atom. The van der Waals surface area contributed by atoms with Crippen molar-refractivity contribution in [3.8, 4) is 17.3 Å². The number of nitrogens with two attached hydrogens (primary N) is 1. The van der Waals surface area contributed by atoms with Crippen molar-refractivity contribution in [2.45, 2.75) is 25.4 Å². The van der Waals surface area contributed by atoms with E-state index in [1.807, 2.05) is 0 Å². The number of carboxylic acid groups (broad SMARTS) is 1. The smallest absolute Gasteiger partial charge is 0.327 e. The Bertz CT molecular complexity index is 1240. The molecule has 0 radical (unpaired) electrons. The van der Waals surface area contributed by atoms with Gasteiger partial charge in [0.05, 0.1) is 22.9 Å². The van der Waals surface area contributed by atoms with Gasteiger partial charge in [0.25, 0.3) is 5.91 Å². The molecule has 0 spiro atoms. The van der Waals surface area contributed by atoms with E-state index in [4.69, 9.17) is 5.73 Å². The summed E-state index contributed by atoms with van der Waals surface area (Å²) in [6, 6.07) is 16.2. The number of pyridine rings is 1. The number of amides is 1. The largest absolute Gasteiger partial charge is 0.480 e. The Morgan fingerprint density at radius 2 is 1.94 bits per heavy atom. The second kappa shape index (κ2) is 11.0. The van der Waals surface area contributed by atoms with Crippen LogP contribution in [0.5, 0.6) is 0 Å². The Labute approximate surface area is 196 Å². The van der Waals surface area contributed by atoms with Gasteiger partial charge < -0.3 is 21.5 Å². The van der Waals surface area contributed by atoms with E-state index in [-0.39, 0.29) is 17.2 Å². The molecular formula is C25H24FN5O3. The van der Waals surface area contributed by atoms with Gasteiger partial charge in [0.15, 0.2) is 0 Å². The second-order valence-corrected chi connectivity index (χ2v) is 7.71. The van der Waals surface area contributed by atoms with Crippen LogP contribution in [-0.4, -0.2) is 40.6 Å². The van der Waals surface area contributed by atoms with Crippen molar-refractivity contribution in [2.75, 3.05) is 11.9 Å². The molecule has 9 heteroatoms. The van der Waals surface area contributed by atoms with Gasteiger partial charge in [0.2, 0.25) is 0 Å². The standard InChI is InChI=1S/C25H24FN5O3/c1-15(28)22(25(33)34)31-24(32)20-9-10-21(19-8-3-2-6-17(19)14-27)30-23(20)29-12-11-16-5-4-7-18(26)13-16/h2-10,13,15,22H,11-12,28H2,1H3,(H,29,30)(H,31,32)(H,33,34)/t15?,22-/m1/s1. The van der Waals surface area contributed by atoms with Crippen LogP contribution >= 0.6 is 0 Å². The number of benzene rings is 2. The van der Waals surface area contributed by atoms with Crippen molar-refractivity contribution < 1.29 is 19.1 Å². The van der Waals surface area contributed by atoms with Crippen molar-refractivity contribution in [3.05, 3.63) is 83.2 Å². The molecular weight excluding hydrogens is 437 g/mol. The third-order valence-electron chi connectivity index (χ3n) is 5.14. The topological polar surface area (TPSA) is 141 Å². The zero-order chi connectivity index (χ0) is 24.7. The van der Waals surface area contributed by atoms with Crippen LogP contribution in [0.3, 0.4) is 0 Å². The van der Waals surface area contributed by atoms with Gasteiger partial charge in [-0.25, -0.2) is 14.2 Å². The van der Waals surface area contributed by atoms with Gasteiger partial charge in [-0.2, -0.15) is 5.26 Å². The SMILES string of the molecule is CC(N)[C@@H](NC(=O)c1ccc(-c2ccccc2C#N)nc1NCCc1cccc(F)c1)C(=O)O. The van der Waals surface area contributed by atoms with Crippen LogP contribution in [0.4, 0.5) is 10.2 Å². The minimum atomic E-state index is -1.29. The van der Waals surface area contributed by atoms with Gasteiger partial charge in [0, 0.05) is 18.2 Å².